The maximum Gasteiger partial charge on any atom is 0.318 e. The fourth-order valence-corrected chi connectivity index (χ4v) is 2.37. The summed E-state index contributed by atoms with van der Waals surface area (Å²) in [4.78, 5) is 13.0. The number of azide groups is 1. The quantitative estimate of drug-likeness (QED) is 0.327. The summed E-state index contributed by atoms with van der Waals surface area (Å²) in [5, 5.41) is 11.8. The lowest BCUT2D eigenvalue weighted by Gasteiger charge is -2.04. The van der Waals surface area contributed by atoms with E-state index in [1.165, 1.54) is 12.1 Å². The summed E-state index contributed by atoms with van der Waals surface area (Å²) in [5.41, 5.74) is 8.89. The number of hydrogen-bond acceptors (Lipinski definition) is 4. The van der Waals surface area contributed by atoms with Gasteiger partial charge in [0.05, 0.1) is 4.90 Å². The van der Waals surface area contributed by atoms with Crippen molar-refractivity contribution < 1.29 is 18.3 Å². The van der Waals surface area contributed by atoms with Crippen LogP contribution in [0.4, 0.5) is 0 Å². The summed E-state index contributed by atoms with van der Waals surface area (Å²) in [6.07, 6.45) is 4.17. The highest BCUT2D eigenvalue weighted by molar-refractivity contribution is 7.89. The highest BCUT2D eigenvalue weighted by Crippen LogP contribution is 2.11. The summed E-state index contributed by atoms with van der Waals surface area (Å²) in [6, 6.07) is 5.97. The second-order valence-electron chi connectivity index (χ2n) is 3.93. The van der Waals surface area contributed by atoms with Crippen molar-refractivity contribution in [3.05, 3.63) is 46.3 Å². The van der Waals surface area contributed by atoms with Crippen LogP contribution in [0, 0.1) is 0 Å². The molecule has 2 N–H and O–H groups in total. The van der Waals surface area contributed by atoms with Gasteiger partial charge >= 0.3 is 5.97 Å². The van der Waals surface area contributed by atoms with Crippen molar-refractivity contribution in [2.24, 2.45) is 5.11 Å². The van der Waals surface area contributed by atoms with E-state index in [1.807, 2.05) is 4.72 Å². The molecular weight excluding hydrogens is 296 g/mol. The molecule has 0 heterocycles. The first kappa shape index (κ1) is 16.7. The van der Waals surface area contributed by atoms with Gasteiger partial charge in [-0.15, -0.1) is 0 Å². The van der Waals surface area contributed by atoms with Crippen molar-refractivity contribution in [3.63, 3.8) is 0 Å². The molecular formula is C12H14N4O4S. The third-order valence-electron chi connectivity index (χ3n) is 2.37. The molecule has 0 atom stereocenters. The Morgan fingerprint density at radius 2 is 2.05 bits per heavy atom. The fourth-order valence-electron chi connectivity index (χ4n) is 1.39. The number of carbonyl (C=O) groups is 1. The first-order chi connectivity index (χ1) is 9.95. The SMILES string of the molecule is [N-]=[N+]=NCCC=Cc1ccc(S(=O)(=O)NCC(=O)O)cc1. The van der Waals surface area contributed by atoms with Gasteiger partial charge in [-0.2, -0.15) is 4.72 Å². The van der Waals surface area contributed by atoms with Gasteiger partial charge in [-0.1, -0.05) is 29.4 Å². The van der Waals surface area contributed by atoms with Crippen molar-refractivity contribution in [1.82, 2.24) is 4.72 Å². The normalized spacial score (nSPS) is 11.2. The van der Waals surface area contributed by atoms with Crippen molar-refractivity contribution in [3.8, 4) is 0 Å². The third-order valence-corrected chi connectivity index (χ3v) is 3.79. The fraction of sp³-hybridized carbons (Fsp3) is 0.250. The molecule has 0 saturated heterocycles. The Kier molecular flexibility index (Phi) is 6.41. The van der Waals surface area contributed by atoms with Crippen molar-refractivity contribution in [1.29, 1.82) is 0 Å². The van der Waals surface area contributed by atoms with Crippen molar-refractivity contribution in [2.75, 3.05) is 13.1 Å². The number of carboxylic acids is 1. The average Bonchev–Trinajstić information content (AvgIpc) is 2.46. The van der Waals surface area contributed by atoms with Crippen LogP contribution in [0.2, 0.25) is 0 Å². The van der Waals surface area contributed by atoms with Crippen LogP contribution in [0.3, 0.4) is 0 Å². The molecule has 1 aromatic rings. The Balaban J connectivity index is 2.69. The predicted molar refractivity (Wildman–Crippen MR) is 76.9 cm³/mol. The van der Waals surface area contributed by atoms with Gasteiger partial charge in [0.25, 0.3) is 0 Å². The molecule has 0 spiro atoms. The highest BCUT2D eigenvalue weighted by Gasteiger charge is 2.14. The van der Waals surface area contributed by atoms with E-state index in [4.69, 9.17) is 10.6 Å². The molecule has 0 fully saturated rings. The van der Waals surface area contributed by atoms with Gasteiger partial charge in [0, 0.05) is 11.5 Å². The zero-order chi connectivity index (χ0) is 15.7. The number of benzene rings is 1. The minimum atomic E-state index is -3.81. The second kappa shape index (κ2) is 8.05. The molecule has 0 bridgehead atoms. The van der Waals surface area contributed by atoms with Gasteiger partial charge in [-0.25, -0.2) is 8.42 Å². The molecule has 112 valence electrons. The van der Waals surface area contributed by atoms with Crippen LogP contribution >= 0.6 is 0 Å². The Morgan fingerprint density at radius 3 is 2.62 bits per heavy atom. The van der Waals surface area contributed by atoms with E-state index in [1.54, 1.807) is 24.3 Å². The molecule has 21 heavy (non-hydrogen) atoms. The predicted octanol–water partition coefficient (Wildman–Crippen LogP) is 1.76. The lowest BCUT2D eigenvalue weighted by molar-refractivity contribution is -0.135. The Hall–Kier alpha value is -2.35. The highest BCUT2D eigenvalue weighted by atomic mass is 32.2. The van der Waals surface area contributed by atoms with Crippen molar-refractivity contribution in [2.45, 2.75) is 11.3 Å². The lowest BCUT2D eigenvalue weighted by Crippen LogP contribution is -2.29. The number of carboxylic acid groups (broad SMARTS) is 1. The van der Waals surface area contributed by atoms with Crippen LogP contribution in [0.15, 0.2) is 40.4 Å². The van der Waals surface area contributed by atoms with E-state index in [9.17, 15) is 13.2 Å². The number of nitrogens with zero attached hydrogens (tertiary/aromatic N) is 3. The molecule has 9 heteroatoms. The molecule has 0 unspecified atom stereocenters. The van der Waals surface area contributed by atoms with E-state index in [-0.39, 0.29) is 4.90 Å². The first-order valence-electron chi connectivity index (χ1n) is 5.94. The van der Waals surface area contributed by atoms with Crippen LogP contribution in [0.1, 0.15) is 12.0 Å². The number of aliphatic carboxylic acids is 1. The van der Waals surface area contributed by atoms with Gasteiger partial charge in [-0.3, -0.25) is 4.79 Å². The van der Waals surface area contributed by atoms with Gasteiger partial charge in [-0.05, 0) is 29.6 Å². The number of nitrogens with one attached hydrogen (secondary N) is 1. The van der Waals surface area contributed by atoms with Gasteiger partial charge < -0.3 is 5.11 Å². The Bertz CT molecular complexity index is 661. The molecule has 0 radical (unpaired) electrons. The zero-order valence-corrected chi connectivity index (χ0v) is 11.8. The molecule has 0 saturated carbocycles. The number of sulfonamides is 1. The van der Waals surface area contributed by atoms with E-state index in [0.29, 0.717) is 13.0 Å². The summed E-state index contributed by atoms with van der Waals surface area (Å²) in [7, 11) is -3.81. The average molecular weight is 310 g/mol. The molecule has 0 aromatic heterocycles. The van der Waals surface area contributed by atoms with Gasteiger partial charge in [0.15, 0.2) is 0 Å². The monoisotopic (exact) mass is 310 g/mol. The molecule has 1 aromatic carbocycles. The van der Waals surface area contributed by atoms with E-state index < -0.39 is 22.5 Å². The Morgan fingerprint density at radius 1 is 1.38 bits per heavy atom. The van der Waals surface area contributed by atoms with Crippen LogP contribution in [-0.4, -0.2) is 32.6 Å². The van der Waals surface area contributed by atoms with E-state index in [2.05, 4.69) is 10.0 Å². The molecule has 8 nitrogen and oxygen atoms in total. The standard InChI is InChI=1S/C12H14N4O4S/c13-16-14-8-2-1-3-10-4-6-11(7-5-10)21(19,20)15-9-12(17)18/h1,3-7,15H,2,8-9H2,(H,17,18). The van der Waals surface area contributed by atoms with Crippen LogP contribution in [-0.2, 0) is 14.8 Å². The maximum absolute atomic E-state index is 11.7. The van der Waals surface area contributed by atoms with E-state index >= 15 is 0 Å². The van der Waals surface area contributed by atoms with Crippen LogP contribution in [0.25, 0.3) is 16.5 Å². The largest absolute Gasteiger partial charge is 0.480 e. The molecule has 0 aliphatic heterocycles. The lowest BCUT2D eigenvalue weighted by atomic mass is 10.2. The summed E-state index contributed by atoms with van der Waals surface area (Å²) >= 11 is 0. The number of hydrogen-bond donors (Lipinski definition) is 2. The van der Waals surface area contributed by atoms with Crippen molar-refractivity contribution >= 4 is 22.1 Å². The topological polar surface area (TPSA) is 132 Å². The maximum atomic E-state index is 11.7. The smallest absolute Gasteiger partial charge is 0.318 e. The summed E-state index contributed by atoms with van der Waals surface area (Å²) in [6.45, 7) is -0.304. The van der Waals surface area contributed by atoms with E-state index in [0.717, 1.165) is 5.56 Å². The minimum absolute atomic E-state index is 0.00465. The first-order valence-corrected chi connectivity index (χ1v) is 7.43. The Labute approximate surface area is 121 Å². The summed E-state index contributed by atoms with van der Waals surface area (Å²) < 4.78 is 25.5. The molecule has 1 rings (SSSR count). The third kappa shape index (κ3) is 6.09. The second-order valence-corrected chi connectivity index (χ2v) is 5.70. The minimum Gasteiger partial charge on any atom is -0.480 e. The molecule has 0 amide bonds. The summed E-state index contributed by atoms with van der Waals surface area (Å²) in [5.74, 6) is -1.25. The van der Waals surface area contributed by atoms with Crippen LogP contribution in [0.5, 0.6) is 0 Å². The molecule has 0 aliphatic carbocycles. The van der Waals surface area contributed by atoms with Crippen LogP contribution < -0.4 is 4.72 Å². The molecule has 0 aliphatic rings. The van der Waals surface area contributed by atoms with Gasteiger partial charge in [0.1, 0.15) is 6.54 Å². The zero-order valence-electron chi connectivity index (χ0n) is 11.0. The number of rotatable bonds is 8. The van der Waals surface area contributed by atoms with Gasteiger partial charge in [0.2, 0.25) is 10.0 Å².